The number of esters is 2. The molecule has 22 heavy (non-hydrogen) atoms. The summed E-state index contributed by atoms with van der Waals surface area (Å²) in [5.41, 5.74) is 1.33. The number of carbonyl (C=O) groups excluding carboxylic acids is 2. The van der Waals surface area contributed by atoms with E-state index >= 15 is 0 Å². The molecule has 0 aromatic carbocycles. The van der Waals surface area contributed by atoms with Crippen molar-refractivity contribution in [2.24, 2.45) is 5.92 Å². The Labute approximate surface area is 130 Å². The van der Waals surface area contributed by atoms with Crippen molar-refractivity contribution in [2.45, 2.75) is 26.7 Å². The van der Waals surface area contributed by atoms with Gasteiger partial charge < -0.3 is 14.4 Å². The maximum absolute atomic E-state index is 11.8. The summed E-state index contributed by atoms with van der Waals surface area (Å²) in [4.78, 5) is 29.7. The zero-order chi connectivity index (χ0) is 15.9. The van der Waals surface area contributed by atoms with E-state index < -0.39 is 0 Å². The molecule has 1 fully saturated rings. The number of carbonyl (C=O) groups is 2. The monoisotopic (exact) mass is 306 g/mol. The van der Waals surface area contributed by atoms with E-state index in [1.807, 2.05) is 6.92 Å². The molecule has 0 unspecified atom stereocenters. The molecule has 0 saturated carbocycles. The second-order valence-electron chi connectivity index (χ2n) is 5.17. The molecule has 2 heterocycles. The Hall–Kier alpha value is -2.11. The highest BCUT2D eigenvalue weighted by Crippen LogP contribution is 2.24. The number of anilines is 1. The first-order valence-electron chi connectivity index (χ1n) is 7.69. The number of aromatic nitrogens is 1. The summed E-state index contributed by atoms with van der Waals surface area (Å²) in [6.45, 7) is 5.85. The molecule has 1 aromatic heterocycles. The summed E-state index contributed by atoms with van der Waals surface area (Å²) >= 11 is 0. The average molecular weight is 306 g/mol. The lowest BCUT2D eigenvalue weighted by Crippen LogP contribution is -2.37. The Morgan fingerprint density at radius 2 is 1.86 bits per heavy atom. The quantitative estimate of drug-likeness (QED) is 0.775. The van der Waals surface area contributed by atoms with Crippen molar-refractivity contribution in [2.75, 3.05) is 31.2 Å². The fourth-order valence-corrected chi connectivity index (χ4v) is 2.56. The highest BCUT2D eigenvalue weighted by Gasteiger charge is 2.26. The first-order valence-corrected chi connectivity index (χ1v) is 7.69. The second kappa shape index (κ2) is 7.77. The molecule has 0 aliphatic carbocycles. The first-order chi connectivity index (χ1) is 10.7. The Morgan fingerprint density at radius 3 is 2.50 bits per heavy atom. The van der Waals surface area contributed by atoms with E-state index in [1.165, 1.54) is 6.20 Å². The van der Waals surface area contributed by atoms with Crippen LogP contribution in [-0.2, 0) is 14.3 Å². The van der Waals surface area contributed by atoms with Gasteiger partial charge in [0.2, 0.25) is 0 Å². The molecule has 0 amide bonds. The Morgan fingerprint density at radius 1 is 1.18 bits per heavy atom. The number of pyridine rings is 1. The van der Waals surface area contributed by atoms with Crippen molar-refractivity contribution in [3.63, 3.8) is 0 Å². The summed E-state index contributed by atoms with van der Waals surface area (Å²) in [5, 5.41) is 0. The van der Waals surface area contributed by atoms with E-state index in [4.69, 9.17) is 9.47 Å². The molecule has 0 spiro atoms. The summed E-state index contributed by atoms with van der Waals surface area (Å²) in [7, 11) is 0. The highest BCUT2D eigenvalue weighted by molar-refractivity contribution is 5.90. The predicted molar refractivity (Wildman–Crippen MR) is 81.8 cm³/mol. The van der Waals surface area contributed by atoms with E-state index in [-0.39, 0.29) is 17.9 Å². The van der Waals surface area contributed by atoms with E-state index in [0.29, 0.717) is 18.8 Å². The third-order valence-corrected chi connectivity index (χ3v) is 3.71. The second-order valence-corrected chi connectivity index (χ2v) is 5.17. The molecule has 6 heteroatoms. The maximum atomic E-state index is 11.8. The smallest absolute Gasteiger partial charge is 0.339 e. The largest absolute Gasteiger partial charge is 0.466 e. The minimum Gasteiger partial charge on any atom is -0.466 e. The fraction of sp³-hybridized carbons (Fsp3) is 0.562. The van der Waals surface area contributed by atoms with Crippen molar-refractivity contribution in [1.29, 1.82) is 0 Å². The zero-order valence-corrected chi connectivity index (χ0v) is 13.1. The number of nitrogens with zero attached hydrogens (tertiary/aromatic N) is 2. The Bertz CT molecular complexity index is 525. The standard InChI is InChI=1S/C16H22N2O4/c1-3-21-15(19)12-5-7-18(8-6-12)14-9-13(10-17-11-14)16(20)22-4-2/h9-12H,3-8H2,1-2H3. The molecule has 1 aromatic rings. The van der Waals surface area contributed by atoms with Gasteiger partial charge >= 0.3 is 11.9 Å². The molecule has 0 radical (unpaired) electrons. The van der Waals surface area contributed by atoms with E-state index in [0.717, 1.165) is 31.6 Å². The number of ether oxygens (including phenoxy) is 2. The summed E-state index contributed by atoms with van der Waals surface area (Å²) in [6, 6.07) is 1.79. The highest BCUT2D eigenvalue weighted by atomic mass is 16.5. The van der Waals surface area contributed by atoms with Crippen LogP contribution in [0.1, 0.15) is 37.0 Å². The topological polar surface area (TPSA) is 68.7 Å². The molecule has 1 aliphatic rings. The molecule has 120 valence electrons. The first kappa shape index (κ1) is 16.3. The molecule has 0 bridgehead atoms. The lowest BCUT2D eigenvalue weighted by molar-refractivity contribution is -0.148. The number of hydrogen-bond donors (Lipinski definition) is 0. The lowest BCUT2D eigenvalue weighted by Gasteiger charge is -2.32. The molecule has 1 saturated heterocycles. The van der Waals surface area contributed by atoms with Gasteiger partial charge in [-0.25, -0.2) is 4.79 Å². The van der Waals surface area contributed by atoms with Crippen LogP contribution in [0.15, 0.2) is 18.5 Å². The maximum Gasteiger partial charge on any atom is 0.339 e. The van der Waals surface area contributed by atoms with E-state index in [2.05, 4.69) is 9.88 Å². The van der Waals surface area contributed by atoms with Gasteiger partial charge in [0.05, 0.1) is 36.6 Å². The molecule has 0 N–H and O–H groups in total. The number of hydrogen-bond acceptors (Lipinski definition) is 6. The number of rotatable bonds is 5. The van der Waals surface area contributed by atoms with E-state index in [1.54, 1.807) is 19.2 Å². The van der Waals surface area contributed by atoms with Gasteiger partial charge in [-0.2, -0.15) is 0 Å². The summed E-state index contributed by atoms with van der Waals surface area (Å²) in [5.74, 6) is -0.504. The predicted octanol–water partition coefficient (Wildman–Crippen LogP) is 2.04. The molecular formula is C16H22N2O4. The van der Waals surface area contributed by atoms with Crippen molar-refractivity contribution < 1.29 is 19.1 Å². The van der Waals surface area contributed by atoms with Crippen LogP contribution in [0.3, 0.4) is 0 Å². The van der Waals surface area contributed by atoms with Crippen LogP contribution >= 0.6 is 0 Å². The Balaban J connectivity index is 1.98. The summed E-state index contributed by atoms with van der Waals surface area (Å²) < 4.78 is 10.1. The minimum absolute atomic E-state index is 0.0302. The van der Waals surface area contributed by atoms with Gasteiger partial charge in [0.15, 0.2) is 0 Å². The van der Waals surface area contributed by atoms with Gasteiger partial charge in [-0.05, 0) is 32.8 Å². The van der Waals surface area contributed by atoms with Crippen LogP contribution in [-0.4, -0.2) is 43.2 Å². The van der Waals surface area contributed by atoms with Crippen LogP contribution in [0.4, 0.5) is 5.69 Å². The van der Waals surface area contributed by atoms with Crippen molar-refractivity contribution >= 4 is 17.6 Å². The number of piperidine rings is 1. The van der Waals surface area contributed by atoms with Crippen LogP contribution < -0.4 is 4.90 Å². The minimum atomic E-state index is -0.363. The van der Waals surface area contributed by atoms with Crippen LogP contribution in [0.2, 0.25) is 0 Å². The van der Waals surface area contributed by atoms with Gasteiger partial charge in [-0.15, -0.1) is 0 Å². The average Bonchev–Trinajstić information content (AvgIpc) is 2.55. The van der Waals surface area contributed by atoms with Gasteiger partial charge in [-0.3, -0.25) is 9.78 Å². The Kier molecular flexibility index (Phi) is 5.75. The molecule has 0 atom stereocenters. The lowest BCUT2D eigenvalue weighted by atomic mass is 9.96. The zero-order valence-electron chi connectivity index (χ0n) is 13.1. The van der Waals surface area contributed by atoms with Crippen LogP contribution in [0.25, 0.3) is 0 Å². The van der Waals surface area contributed by atoms with Crippen molar-refractivity contribution in [1.82, 2.24) is 4.98 Å². The molecule has 6 nitrogen and oxygen atoms in total. The molecule has 1 aliphatic heterocycles. The van der Waals surface area contributed by atoms with Gasteiger partial charge in [-0.1, -0.05) is 0 Å². The van der Waals surface area contributed by atoms with Gasteiger partial charge in [0.1, 0.15) is 0 Å². The third kappa shape index (κ3) is 3.96. The SMILES string of the molecule is CCOC(=O)c1cncc(N2CCC(C(=O)OCC)CC2)c1. The fourth-order valence-electron chi connectivity index (χ4n) is 2.56. The summed E-state index contributed by atoms with van der Waals surface area (Å²) in [6.07, 6.45) is 4.74. The van der Waals surface area contributed by atoms with Crippen molar-refractivity contribution in [3.8, 4) is 0 Å². The van der Waals surface area contributed by atoms with E-state index in [9.17, 15) is 9.59 Å². The third-order valence-electron chi connectivity index (χ3n) is 3.71. The molecule has 2 rings (SSSR count). The molecular weight excluding hydrogens is 284 g/mol. The van der Waals surface area contributed by atoms with Crippen LogP contribution in [0, 0.1) is 5.92 Å². The normalized spacial score (nSPS) is 15.5. The van der Waals surface area contributed by atoms with Gasteiger partial charge in [0, 0.05) is 19.3 Å². The van der Waals surface area contributed by atoms with Crippen LogP contribution in [0.5, 0.6) is 0 Å². The van der Waals surface area contributed by atoms with Crippen molar-refractivity contribution in [3.05, 3.63) is 24.0 Å². The van der Waals surface area contributed by atoms with Gasteiger partial charge in [0.25, 0.3) is 0 Å².